The number of nitrogens with one attached hydrogen (secondary N) is 2. The first-order valence-corrected chi connectivity index (χ1v) is 9.44. The zero-order chi connectivity index (χ0) is 16.7. The van der Waals surface area contributed by atoms with E-state index in [1.165, 1.54) is 19.3 Å². The molecule has 0 aromatic carbocycles. The summed E-state index contributed by atoms with van der Waals surface area (Å²) in [6.07, 6.45) is 8.00. The smallest absolute Gasteiger partial charge is 0.315 e. The molecule has 0 saturated heterocycles. The van der Waals surface area contributed by atoms with E-state index in [0.29, 0.717) is 18.6 Å². The molecule has 0 aliphatic heterocycles. The van der Waals surface area contributed by atoms with Crippen molar-refractivity contribution in [3.05, 3.63) is 0 Å². The number of amides is 2. The van der Waals surface area contributed by atoms with Crippen LogP contribution in [0, 0.1) is 5.92 Å². The molecule has 5 nitrogen and oxygen atoms in total. The Morgan fingerprint density at radius 2 is 1.61 bits per heavy atom. The van der Waals surface area contributed by atoms with Crippen LogP contribution in [0.25, 0.3) is 0 Å². The van der Waals surface area contributed by atoms with E-state index in [1.54, 1.807) is 0 Å². The summed E-state index contributed by atoms with van der Waals surface area (Å²) in [5.74, 6) is 0.464. The Labute approximate surface area is 140 Å². The van der Waals surface area contributed by atoms with E-state index in [0.717, 1.165) is 32.3 Å². The molecule has 4 unspecified atom stereocenters. The molecule has 2 amide bonds. The van der Waals surface area contributed by atoms with Crippen molar-refractivity contribution in [1.29, 1.82) is 0 Å². The Morgan fingerprint density at radius 3 is 2.26 bits per heavy atom. The minimum Gasteiger partial charge on any atom is -0.378 e. The van der Waals surface area contributed by atoms with Gasteiger partial charge in [0.2, 0.25) is 0 Å². The fraction of sp³-hybridized carbons (Fsp3) is 0.944. The van der Waals surface area contributed by atoms with Crippen molar-refractivity contribution in [2.24, 2.45) is 5.92 Å². The molecule has 2 rings (SSSR count). The second-order valence-electron chi connectivity index (χ2n) is 7.00. The summed E-state index contributed by atoms with van der Waals surface area (Å²) < 4.78 is 11.7. The normalized spacial score (nSPS) is 32.5. The van der Waals surface area contributed by atoms with Crippen molar-refractivity contribution in [2.45, 2.75) is 90.0 Å². The van der Waals surface area contributed by atoms with Crippen molar-refractivity contribution < 1.29 is 14.3 Å². The average molecular weight is 326 g/mol. The molecule has 4 atom stereocenters. The van der Waals surface area contributed by atoms with Crippen LogP contribution < -0.4 is 10.6 Å². The van der Waals surface area contributed by atoms with Crippen LogP contribution in [-0.2, 0) is 9.47 Å². The summed E-state index contributed by atoms with van der Waals surface area (Å²) in [6.45, 7) is 7.65. The summed E-state index contributed by atoms with van der Waals surface area (Å²) in [6, 6.07) is 0.321. The Balaban J connectivity index is 1.88. The van der Waals surface area contributed by atoms with Crippen LogP contribution in [0.2, 0.25) is 0 Å². The van der Waals surface area contributed by atoms with Crippen molar-refractivity contribution in [3.8, 4) is 0 Å². The second-order valence-corrected chi connectivity index (χ2v) is 7.00. The number of ether oxygens (including phenoxy) is 2. The van der Waals surface area contributed by atoms with Crippen LogP contribution in [0.1, 0.15) is 65.7 Å². The Hall–Kier alpha value is -0.810. The van der Waals surface area contributed by atoms with Gasteiger partial charge in [-0.05, 0) is 45.4 Å². The fourth-order valence-electron chi connectivity index (χ4n) is 3.96. The van der Waals surface area contributed by atoms with Gasteiger partial charge in [0.1, 0.15) is 0 Å². The highest BCUT2D eigenvalue weighted by Crippen LogP contribution is 2.29. The lowest BCUT2D eigenvalue weighted by Crippen LogP contribution is -2.55. The van der Waals surface area contributed by atoms with E-state index < -0.39 is 0 Å². The highest BCUT2D eigenvalue weighted by molar-refractivity contribution is 5.74. The van der Waals surface area contributed by atoms with Gasteiger partial charge in [0.25, 0.3) is 0 Å². The third kappa shape index (κ3) is 5.64. The van der Waals surface area contributed by atoms with Crippen LogP contribution in [0.3, 0.4) is 0 Å². The van der Waals surface area contributed by atoms with Gasteiger partial charge >= 0.3 is 6.03 Å². The lowest BCUT2D eigenvalue weighted by atomic mass is 9.82. The van der Waals surface area contributed by atoms with Crippen LogP contribution in [0.15, 0.2) is 0 Å². The molecule has 0 bridgehead atoms. The first-order chi connectivity index (χ1) is 11.1. The molecule has 0 aromatic heterocycles. The first kappa shape index (κ1) is 18.5. The molecule has 23 heavy (non-hydrogen) atoms. The molecule has 2 N–H and O–H groups in total. The highest BCUT2D eigenvalue weighted by atomic mass is 16.5. The van der Waals surface area contributed by atoms with Crippen molar-refractivity contribution in [3.63, 3.8) is 0 Å². The van der Waals surface area contributed by atoms with Crippen LogP contribution in [0.5, 0.6) is 0 Å². The van der Waals surface area contributed by atoms with Gasteiger partial charge in [0.15, 0.2) is 0 Å². The second kappa shape index (κ2) is 9.48. The Kier molecular flexibility index (Phi) is 7.63. The Bertz CT molecular complexity index is 358. The average Bonchev–Trinajstić information content (AvgIpc) is 2.53. The predicted octanol–water partition coefficient (Wildman–Crippen LogP) is 3.23. The first-order valence-electron chi connectivity index (χ1n) is 9.44. The molecule has 0 spiro atoms. The molecule has 134 valence electrons. The van der Waals surface area contributed by atoms with Crippen LogP contribution >= 0.6 is 0 Å². The van der Waals surface area contributed by atoms with Crippen molar-refractivity contribution in [1.82, 2.24) is 10.6 Å². The van der Waals surface area contributed by atoms with Gasteiger partial charge in [-0.15, -0.1) is 0 Å². The summed E-state index contributed by atoms with van der Waals surface area (Å²) in [4.78, 5) is 12.4. The van der Waals surface area contributed by atoms with Crippen LogP contribution in [0.4, 0.5) is 4.79 Å². The van der Waals surface area contributed by atoms with Gasteiger partial charge < -0.3 is 20.1 Å². The monoisotopic (exact) mass is 326 g/mol. The largest absolute Gasteiger partial charge is 0.378 e. The topological polar surface area (TPSA) is 59.6 Å². The van der Waals surface area contributed by atoms with E-state index in [-0.39, 0.29) is 24.3 Å². The number of hydrogen-bond acceptors (Lipinski definition) is 3. The van der Waals surface area contributed by atoms with E-state index in [1.807, 2.05) is 13.8 Å². The van der Waals surface area contributed by atoms with Gasteiger partial charge in [-0.25, -0.2) is 4.79 Å². The SMILES string of the molecule is CCOC1CC(NC(=O)NC2CCCCC2)C(OCC)CC1C. The number of hydrogen-bond donors (Lipinski definition) is 2. The summed E-state index contributed by atoms with van der Waals surface area (Å²) in [5, 5.41) is 6.30. The van der Waals surface area contributed by atoms with Gasteiger partial charge in [0, 0.05) is 19.3 Å². The molecule has 2 fully saturated rings. The zero-order valence-corrected chi connectivity index (χ0v) is 15.0. The molecular weight excluding hydrogens is 292 g/mol. The summed E-state index contributed by atoms with van der Waals surface area (Å²) in [7, 11) is 0. The maximum atomic E-state index is 12.4. The van der Waals surface area contributed by atoms with E-state index in [4.69, 9.17) is 9.47 Å². The van der Waals surface area contributed by atoms with E-state index in [9.17, 15) is 4.79 Å². The fourth-order valence-corrected chi connectivity index (χ4v) is 3.96. The number of urea groups is 1. The third-order valence-corrected chi connectivity index (χ3v) is 5.19. The van der Waals surface area contributed by atoms with Gasteiger partial charge in [0.05, 0.1) is 18.2 Å². The summed E-state index contributed by atoms with van der Waals surface area (Å²) >= 11 is 0. The molecule has 5 heteroatoms. The van der Waals surface area contributed by atoms with E-state index >= 15 is 0 Å². The minimum atomic E-state index is -0.0450. The predicted molar refractivity (Wildman–Crippen MR) is 91.6 cm³/mol. The quantitative estimate of drug-likeness (QED) is 0.788. The van der Waals surface area contributed by atoms with Crippen molar-refractivity contribution >= 4 is 6.03 Å². The van der Waals surface area contributed by atoms with Crippen LogP contribution in [-0.4, -0.2) is 43.5 Å². The Morgan fingerprint density at radius 1 is 0.957 bits per heavy atom. The molecule has 0 radical (unpaired) electrons. The minimum absolute atomic E-state index is 0.0336. The molecule has 0 aromatic rings. The molecule has 0 heterocycles. The maximum absolute atomic E-state index is 12.4. The number of carbonyl (C=O) groups is 1. The zero-order valence-electron chi connectivity index (χ0n) is 15.0. The number of rotatable bonds is 6. The maximum Gasteiger partial charge on any atom is 0.315 e. The number of carbonyl (C=O) groups excluding carboxylic acids is 1. The molecule has 2 saturated carbocycles. The van der Waals surface area contributed by atoms with Gasteiger partial charge in [-0.3, -0.25) is 0 Å². The molecule has 2 aliphatic carbocycles. The van der Waals surface area contributed by atoms with Gasteiger partial charge in [-0.2, -0.15) is 0 Å². The summed E-state index contributed by atoms with van der Waals surface area (Å²) in [5.41, 5.74) is 0. The van der Waals surface area contributed by atoms with Gasteiger partial charge in [-0.1, -0.05) is 26.2 Å². The standard InChI is InChI=1S/C18H34N2O3/c1-4-22-16-12-15(17(23-5-2)11-13(16)3)20-18(21)19-14-9-7-6-8-10-14/h13-17H,4-12H2,1-3H3,(H2,19,20,21). The molecular formula is C18H34N2O3. The lowest BCUT2D eigenvalue weighted by Gasteiger charge is -2.40. The third-order valence-electron chi connectivity index (χ3n) is 5.19. The molecule has 2 aliphatic rings. The van der Waals surface area contributed by atoms with Crippen molar-refractivity contribution in [2.75, 3.05) is 13.2 Å². The van der Waals surface area contributed by atoms with E-state index in [2.05, 4.69) is 17.6 Å². The highest BCUT2D eigenvalue weighted by Gasteiger charge is 2.37. The lowest BCUT2D eigenvalue weighted by molar-refractivity contribution is -0.0686.